The van der Waals surface area contributed by atoms with Gasteiger partial charge >= 0.3 is 12.2 Å². The van der Waals surface area contributed by atoms with E-state index >= 15 is 0 Å². The predicted molar refractivity (Wildman–Crippen MR) is 217 cm³/mol. The number of carbonyl (C=O) groups excluding carboxylic acids is 4. The Morgan fingerprint density at radius 1 is 0.724 bits per heavy atom. The first kappa shape index (κ1) is 39.8. The number of nitriles is 1. The van der Waals surface area contributed by atoms with Crippen molar-refractivity contribution >= 4 is 45.5 Å². The lowest BCUT2D eigenvalue weighted by atomic mass is 9.94. The van der Waals surface area contributed by atoms with Gasteiger partial charge < -0.3 is 39.9 Å². The van der Waals surface area contributed by atoms with Gasteiger partial charge in [-0.25, -0.2) is 19.6 Å². The number of nitrogens with one attached hydrogen (secondary N) is 4. The number of fused-ring (bicyclic) bond motifs is 3. The number of rotatable bonds is 10. The van der Waals surface area contributed by atoms with Crippen molar-refractivity contribution in [2.45, 2.75) is 77.5 Å². The van der Waals surface area contributed by atoms with E-state index in [9.17, 15) is 24.4 Å². The van der Waals surface area contributed by atoms with Gasteiger partial charge in [0.05, 0.1) is 61.7 Å². The molecular weight excluding hydrogens is 739 g/mol. The number of aromatic amines is 2. The fourth-order valence-electron chi connectivity index (χ4n) is 8.28. The molecule has 1 unspecified atom stereocenters. The normalized spacial score (nSPS) is 17.8. The molecule has 2 aromatic heterocycles. The second-order valence-corrected chi connectivity index (χ2v) is 15.7. The summed E-state index contributed by atoms with van der Waals surface area (Å²) in [5.41, 5.74) is 3.82. The van der Waals surface area contributed by atoms with E-state index in [0.717, 1.165) is 69.7 Å². The third-order valence-corrected chi connectivity index (χ3v) is 11.4. The molecule has 2 aliphatic rings. The maximum Gasteiger partial charge on any atom is 0.407 e. The fourth-order valence-corrected chi connectivity index (χ4v) is 8.28. The van der Waals surface area contributed by atoms with Crippen LogP contribution in [0, 0.1) is 23.2 Å². The van der Waals surface area contributed by atoms with E-state index in [1.54, 1.807) is 22.2 Å². The molecule has 0 saturated carbocycles. The maximum atomic E-state index is 13.6. The summed E-state index contributed by atoms with van der Waals surface area (Å²) in [7, 11) is 2.56. The Labute approximate surface area is 336 Å². The molecule has 0 aliphatic carbocycles. The molecule has 4 heterocycles. The molecule has 4 N–H and O–H groups in total. The minimum Gasteiger partial charge on any atom is -0.453 e. The van der Waals surface area contributed by atoms with Crippen LogP contribution in [0.3, 0.4) is 0 Å². The molecule has 302 valence electrons. The second-order valence-electron chi connectivity index (χ2n) is 15.7. The van der Waals surface area contributed by atoms with Gasteiger partial charge in [0.25, 0.3) is 0 Å². The summed E-state index contributed by atoms with van der Waals surface area (Å²) in [5.74, 6) is 0.727. The molecular formula is C43H49N9O6. The molecule has 4 amide bonds. The minimum absolute atomic E-state index is 0.133. The van der Waals surface area contributed by atoms with Crippen LogP contribution in [0.4, 0.5) is 9.59 Å². The summed E-state index contributed by atoms with van der Waals surface area (Å²) in [6, 6.07) is 14.4. The van der Waals surface area contributed by atoms with Crippen molar-refractivity contribution in [3.63, 3.8) is 0 Å². The molecule has 0 bridgehead atoms. The zero-order chi connectivity index (χ0) is 41.2. The van der Waals surface area contributed by atoms with Crippen LogP contribution in [0.5, 0.6) is 0 Å². The minimum atomic E-state index is -0.725. The van der Waals surface area contributed by atoms with E-state index < -0.39 is 24.3 Å². The molecule has 15 heteroatoms. The van der Waals surface area contributed by atoms with Gasteiger partial charge in [0, 0.05) is 29.6 Å². The summed E-state index contributed by atoms with van der Waals surface area (Å²) >= 11 is 0. The predicted octanol–water partition coefficient (Wildman–Crippen LogP) is 6.73. The number of imidazole rings is 2. The number of aromatic nitrogens is 4. The Morgan fingerprint density at radius 2 is 1.21 bits per heavy atom. The molecule has 58 heavy (non-hydrogen) atoms. The highest BCUT2D eigenvalue weighted by Crippen LogP contribution is 2.37. The van der Waals surface area contributed by atoms with Gasteiger partial charge in [0.1, 0.15) is 23.7 Å². The largest absolute Gasteiger partial charge is 0.453 e. The van der Waals surface area contributed by atoms with E-state index in [1.165, 1.54) is 14.2 Å². The zero-order valence-corrected chi connectivity index (χ0v) is 33.6. The van der Waals surface area contributed by atoms with Crippen molar-refractivity contribution in [2.24, 2.45) is 11.8 Å². The SMILES string of the molecule is COC(=O)N[C@H](C(=O)N1CCCC1c1ncc(-c2ccc3c(c2)c(C#N)cc2cc(-c4cnc([C@@H]5CCCN5C(=O)[C@@H](NC(=O)OC)C(C)C)[nH]4)ccc23)[nH]1)C(C)C. The average Bonchev–Trinajstić information content (AvgIpc) is 4.07. The van der Waals surface area contributed by atoms with Gasteiger partial charge in [-0.2, -0.15) is 5.26 Å². The number of likely N-dealkylation sites (tertiary alicyclic amines) is 2. The van der Waals surface area contributed by atoms with Gasteiger partial charge in [0.2, 0.25) is 11.8 Å². The summed E-state index contributed by atoms with van der Waals surface area (Å²) in [6.45, 7) is 8.66. The Hall–Kier alpha value is -6.43. The molecule has 3 aromatic carbocycles. The number of alkyl carbamates (subject to hydrolysis) is 2. The third-order valence-electron chi connectivity index (χ3n) is 11.4. The molecule has 2 fully saturated rings. The number of nitrogens with zero attached hydrogens (tertiary/aromatic N) is 5. The van der Waals surface area contributed by atoms with Crippen LogP contribution >= 0.6 is 0 Å². The molecule has 15 nitrogen and oxygen atoms in total. The van der Waals surface area contributed by atoms with Gasteiger partial charge in [0.15, 0.2) is 0 Å². The fraction of sp³-hybridized carbons (Fsp3) is 0.419. The lowest BCUT2D eigenvalue weighted by Crippen LogP contribution is -2.51. The van der Waals surface area contributed by atoms with Crippen molar-refractivity contribution in [1.29, 1.82) is 5.26 Å². The number of H-pyrrole nitrogens is 2. The first-order chi connectivity index (χ1) is 27.9. The molecule has 2 saturated heterocycles. The standard InChI is InChI=1S/C43H49N9O6/c1-23(2)36(49-42(55)57-5)40(53)51-15-7-9-34(51)38-45-21-32(47-38)25-11-13-29-27(17-25)18-28(20-44)31-19-26(12-14-30(29)31)33-22-46-39(48-33)35-10-8-16-52(35)41(54)37(24(3)4)50-43(56)58-6/h11-14,17-19,21-24,34-37H,7-10,15-16H2,1-6H3,(H,45,47)(H,46,48)(H,49,55)(H,50,56)/t34-,35?,36-,37-/m0/s1. The number of ether oxygens (including phenoxy) is 2. The Kier molecular flexibility index (Phi) is 11.4. The van der Waals surface area contributed by atoms with E-state index in [1.807, 2.05) is 70.2 Å². The number of benzene rings is 3. The summed E-state index contributed by atoms with van der Waals surface area (Å²) in [4.78, 5) is 71.1. The first-order valence-corrected chi connectivity index (χ1v) is 19.7. The van der Waals surface area contributed by atoms with Crippen LogP contribution in [0.15, 0.2) is 54.9 Å². The smallest absolute Gasteiger partial charge is 0.407 e. The number of amides is 4. The van der Waals surface area contributed by atoms with Crippen molar-refractivity contribution < 1.29 is 28.7 Å². The van der Waals surface area contributed by atoms with E-state index in [-0.39, 0.29) is 35.7 Å². The number of carbonyl (C=O) groups is 4. The van der Waals surface area contributed by atoms with E-state index in [2.05, 4.69) is 26.7 Å². The van der Waals surface area contributed by atoms with Crippen molar-refractivity contribution in [2.75, 3.05) is 27.3 Å². The number of hydrogen-bond donors (Lipinski definition) is 4. The molecule has 4 atom stereocenters. The van der Waals surface area contributed by atoms with Crippen LogP contribution in [0.2, 0.25) is 0 Å². The zero-order valence-electron chi connectivity index (χ0n) is 33.6. The lowest BCUT2D eigenvalue weighted by molar-refractivity contribution is -0.136. The maximum absolute atomic E-state index is 13.6. The monoisotopic (exact) mass is 787 g/mol. The topological polar surface area (TPSA) is 198 Å². The Balaban J connectivity index is 1.12. The molecule has 7 rings (SSSR count). The van der Waals surface area contributed by atoms with E-state index in [0.29, 0.717) is 30.3 Å². The summed E-state index contributed by atoms with van der Waals surface area (Å²) in [6.07, 6.45) is 5.33. The van der Waals surface area contributed by atoms with Gasteiger partial charge in [-0.1, -0.05) is 52.0 Å². The molecule has 2 aliphatic heterocycles. The lowest BCUT2D eigenvalue weighted by Gasteiger charge is -2.30. The highest BCUT2D eigenvalue weighted by atomic mass is 16.5. The van der Waals surface area contributed by atoms with Crippen LogP contribution in [-0.4, -0.2) is 93.1 Å². The van der Waals surface area contributed by atoms with Gasteiger partial charge in [-0.05, 0) is 71.9 Å². The van der Waals surface area contributed by atoms with Crippen LogP contribution in [-0.2, 0) is 19.1 Å². The average molecular weight is 788 g/mol. The second kappa shape index (κ2) is 16.6. The van der Waals surface area contributed by atoms with Crippen molar-refractivity contribution in [3.8, 4) is 28.6 Å². The van der Waals surface area contributed by atoms with Crippen molar-refractivity contribution in [3.05, 3.63) is 72.1 Å². The summed E-state index contributed by atoms with van der Waals surface area (Å²) < 4.78 is 9.53. The number of hydrogen-bond acceptors (Lipinski definition) is 9. The molecule has 0 spiro atoms. The molecule has 0 radical (unpaired) electrons. The Morgan fingerprint density at radius 3 is 1.67 bits per heavy atom. The highest BCUT2D eigenvalue weighted by molar-refractivity contribution is 6.11. The van der Waals surface area contributed by atoms with Crippen LogP contribution in [0.25, 0.3) is 44.1 Å². The quantitative estimate of drug-likeness (QED) is 0.111. The van der Waals surface area contributed by atoms with Crippen LogP contribution < -0.4 is 10.6 Å². The Bertz CT molecular complexity index is 2410. The third kappa shape index (κ3) is 7.66. The van der Waals surface area contributed by atoms with Crippen LogP contribution in [0.1, 0.15) is 82.7 Å². The number of methoxy groups -OCH3 is 2. The van der Waals surface area contributed by atoms with Gasteiger partial charge in [-0.3, -0.25) is 9.59 Å². The van der Waals surface area contributed by atoms with Gasteiger partial charge in [-0.15, -0.1) is 0 Å². The molecule has 5 aromatic rings. The van der Waals surface area contributed by atoms with Crippen molar-refractivity contribution in [1.82, 2.24) is 40.4 Å². The first-order valence-electron chi connectivity index (χ1n) is 19.7. The summed E-state index contributed by atoms with van der Waals surface area (Å²) in [5, 5.41) is 19.3. The highest BCUT2D eigenvalue weighted by Gasteiger charge is 2.39. The van der Waals surface area contributed by atoms with E-state index in [4.69, 9.17) is 19.4 Å².